The lowest BCUT2D eigenvalue weighted by atomic mass is 9.77. The highest BCUT2D eigenvalue weighted by molar-refractivity contribution is 6.09. The SMILES string of the molecule is NCCCCC1(C(=O)O)NC(c2ccccn2)C2C(=O)NC(=O)C21. The Morgan fingerprint density at radius 1 is 1.29 bits per heavy atom. The Morgan fingerprint density at radius 2 is 2.08 bits per heavy atom. The second-order valence-electron chi connectivity index (χ2n) is 6.26. The molecule has 0 aliphatic carbocycles. The Balaban J connectivity index is 2.02. The quantitative estimate of drug-likeness (QED) is 0.410. The summed E-state index contributed by atoms with van der Waals surface area (Å²) >= 11 is 0. The number of carbonyl (C=O) groups excluding carboxylic acids is 2. The van der Waals surface area contributed by atoms with E-state index in [9.17, 15) is 19.5 Å². The Kier molecular flexibility index (Phi) is 4.33. The zero-order valence-corrected chi connectivity index (χ0v) is 13.1. The van der Waals surface area contributed by atoms with Gasteiger partial charge in [-0.15, -0.1) is 0 Å². The fourth-order valence-electron chi connectivity index (χ4n) is 3.82. The molecule has 8 nitrogen and oxygen atoms in total. The van der Waals surface area contributed by atoms with Crippen LogP contribution in [-0.4, -0.2) is 40.0 Å². The van der Waals surface area contributed by atoms with Gasteiger partial charge in [-0.1, -0.05) is 6.07 Å². The average Bonchev–Trinajstić information content (AvgIpc) is 3.07. The van der Waals surface area contributed by atoms with Gasteiger partial charge in [0.1, 0.15) is 5.54 Å². The molecule has 3 rings (SSSR count). The highest BCUT2D eigenvalue weighted by Gasteiger charge is 2.66. The summed E-state index contributed by atoms with van der Waals surface area (Å²) in [5.74, 6) is -3.84. The average molecular weight is 332 g/mol. The third-order valence-electron chi connectivity index (χ3n) is 4.91. The van der Waals surface area contributed by atoms with Gasteiger partial charge in [0.05, 0.1) is 23.6 Å². The fourth-order valence-corrected chi connectivity index (χ4v) is 3.82. The number of nitrogens with one attached hydrogen (secondary N) is 2. The second-order valence-corrected chi connectivity index (χ2v) is 6.26. The lowest BCUT2D eigenvalue weighted by Crippen LogP contribution is -2.55. The standard InChI is InChI=1S/C16H20N4O4/c17-7-3-2-6-16(15(23)24)11-10(13(21)19-14(11)22)12(20-16)9-5-1-4-8-18-9/h1,4-5,8,10-12,20H,2-3,6-7,17H2,(H,23,24)(H,19,21,22). The molecule has 0 aromatic carbocycles. The van der Waals surface area contributed by atoms with Crippen LogP contribution in [0, 0.1) is 11.8 Å². The van der Waals surface area contributed by atoms with Gasteiger partial charge in [-0.05, 0) is 37.9 Å². The third kappa shape index (κ3) is 2.47. The highest BCUT2D eigenvalue weighted by Crippen LogP contribution is 2.47. The van der Waals surface area contributed by atoms with Gasteiger partial charge in [0.25, 0.3) is 0 Å². The summed E-state index contributed by atoms with van der Waals surface area (Å²) in [6, 6.07) is 4.61. The summed E-state index contributed by atoms with van der Waals surface area (Å²) < 4.78 is 0. The number of carbonyl (C=O) groups is 3. The van der Waals surface area contributed by atoms with Gasteiger partial charge in [-0.25, -0.2) is 0 Å². The molecule has 128 valence electrons. The zero-order valence-electron chi connectivity index (χ0n) is 13.1. The summed E-state index contributed by atoms with van der Waals surface area (Å²) in [5.41, 5.74) is 4.56. The Bertz CT molecular complexity index is 665. The van der Waals surface area contributed by atoms with E-state index >= 15 is 0 Å². The Labute approximate surface area is 138 Å². The van der Waals surface area contributed by atoms with Gasteiger partial charge in [0.2, 0.25) is 11.8 Å². The van der Waals surface area contributed by atoms with Crippen LogP contribution in [0.4, 0.5) is 0 Å². The molecule has 8 heteroatoms. The van der Waals surface area contributed by atoms with Crippen LogP contribution >= 0.6 is 0 Å². The molecule has 2 aliphatic rings. The van der Waals surface area contributed by atoms with Crippen molar-refractivity contribution in [3.05, 3.63) is 30.1 Å². The molecule has 3 heterocycles. The second kappa shape index (κ2) is 6.29. The van der Waals surface area contributed by atoms with Crippen LogP contribution in [0.25, 0.3) is 0 Å². The van der Waals surface area contributed by atoms with E-state index in [1.54, 1.807) is 24.4 Å². The van der Waals surface area contributed by atoms with Gasteiger partial charge in [0, 0.05) is 6.20 Å². The molecule has 2 fully saturated rings. The minimum absolute atomic E-state index is 0.227. The smallest absolute Gasteiger partial charge is 0.324 e. The molecule has 0 bridgehead atoms. The molecule has 0 spiro atoms. The van der Waals surface area contributed by atoms with Crippen molar-refractivity contribution in [2.24, 2.45) is 17.6 Å². The van der Waals surface area contributed by atoms with Crippen molar-refractivity contribution >= 4 is 17.8 Å². The summed E-state index contributed by atoms with van der Waals surface area (Å²) in [5, 5.41) is 15.2. The molecule has 0 saturated carbocycles. The van der Waals surface area contributed by atoms with Crippen molar-refractivity contribution in [1.82, 2.24) is 15.6 Å². The normalized spacial score (nSPS) is 31.8. The molecule has 4 atom stereocenters. The minimum atomic E-state index is -1.49. The number of amides is 2. The number of unbranched alkanes of at least 4 members (excludes halogenated alkanes) is 1. The summed E-state index contributed by atoms with van der Waals surface area (Å²) in [6.07, 6.45) is 3.01. The number of nitrogens with two attached hydrogens (primary N) is 1. The number of fused-ring (bicyclic) bond motifs is 1. The summed E-state index contributed by atoms with van der Waals surface area (Å²) in [4.78, 5) is 40.9. The number of aromatic nitrogens is 1. The molecule has 2 amide bonds. The first-order valence-electron chi connectivity index (χ1n) is 7.98. The topological polar surface area (TPSA) is 134 Å². The zero-order chi connectivity index (χ0) is 17.3. The van der Waals surface area contributed by atoms with Gasteiger partial charge < -0.3 is 10.8 Å². The molecule has 0 radical (unpaired) electrons. The molecular weight excluding hydrogens is 312 g/mol. The first kappa shape index (κ1) is 16.5. The van der Waals surface area contributed by atoms with Crippen molar-refractivity contribution in [1.29, 1.82) is 0 Å². The number of nitrogens with zero attached hydrogens (tertiary/aromatic N) is 1. The number of hydrogen-bond donors (Lipinski definition) is 4. The molecule has 24 heavy (non-hydrogen) atoms. The number of pyridine rings is 1. The molecule has 2 aliphatic heterocycles. The van der Waals surface area contributed by atoms with Crippen LogP contribution in [0.3, 0.4) is 0 Å². The van der Waals surface area contributed by atoms with Crippen molar-refractivity contribution < 1.29 is 19.5 Å². The van der Waals surface area contributed by atoms with E-state index in [4.69, 9.17) is 5.73 Å². The predicted molar refractivity (Wildman–Crippen MR) is 83.5 cm³/mol. The van der Waals surface area contributed by atoms with Crippen LogP contribution in [0.1, 0.15) is 31.0 Å². The van der Waals surface area contributed by atoms with Crippen molar-refractivity contribution in [2.75, 3.05) is 6.54 Å². The largest absolute Gasteiger partial charge is 0.480 e. The van der Waals surface area contributed by atoms with E-state index in [-0.39, 0.29) is 6.42 Å². The van der Waals surface area contributed by atoms with Crippen LogP contribution in [0.2, 0.25) is 0 Å². The van der Waals surface area contributed by atoms with E-state index in [2.05, 4.69) is 15.6 Å². The predicted octanol–water partition coefficient (Wildman–Crippen LogP) is -0.433. The van der Waals surface area contributed by atoms with Crippen LogP contribution in [0.5, 0.6) is 0 Å². The monoisotopic (exact) mass is 332 g/mol. The maximum atomic E-state index is 12.3. The lowest BCUT2D eigenvalue weighted by Gasteiger charge is -2.29. The molecule has 2 saturated heterocycles. The number of hydrogen-bond acceptors (Lipinski definition) is 6. The molecule has 1 aromatic heterocycles. The summed E-state index contributed by atoms with van der Waals surface area (Å²) in [6.45, 7) is 0.443. The van der Waals surface area contributed by atoms with Crippen molar-refractivity contribution in [3.63, 3.8) is 0 Å². The minimum Gasteiger partial charge on any atom is -0.480 e. The van der Waals surface area contributed by atoms with E-state index < -0.39 is 41.2 Å². The Hall–Kier alpha value is -2.32. The van der Waals surface area contributed by atoms with Gasteiger partial charge in [-0.3, -0.25) is 30.0 Å². The maximum Gasteiger partial charge on any atom is 0.324 e. The van der Waals surface area contributed by atoms with Crippen LogP contribution in [-0.2, 0) is 14.4 Å². The maximum absolute atomic E-state index is 12.3. The number of carboxylic acid groups (broad SMARTS) is 1. The number of aliphatic carboxylic acids is 1. The van der Waals surface area contributed by atoms with Crippen LogP contribution in [0.15, 0.2) is 24.4 Å². The van der Waals surface area contributed by atoms with E-state index in [1.165, 1.54) is 0 Å². The van der Waals surface area contributed by atoms with E-state index in [1.807, 2.05) is 0 Å². The molecular formula is C16H20N4O4. The Morgan fingerprint density at radius 3 is 2.71 bits per heavy atom. The molecule has 4 unspecified atom stereocenters. The number of imide groups is 1. The van der Waals surface area contributed by atoms with Gasteiger partial charge >= 0.3 is 5.97 Å². The molecule has 1 aromatic rings. The first-order valence-corrected chi connectivity index (χ1v) is 7.98. The molecule has 5 N–H and O–H groups in total. The summed E-state index contributed by atoms with van der Waals surface area (Å²) in [7, 11) is 0. The highest BCUT2D eigenvalue weighted by atomic mass is 16.4. The van der Waals surface area contributed by atoms with Crippen LogP contribution < -0.4 is 16.4 Å². The number of carboxylic acids is 1. The van der Waals surface area contributed by atoms with Crippen molar-refractivity contribution in [2.45, 2.75) is 30.8 Å². The first-order chi connectivity index (χ1) is 11.5. The lowest BCUT2D eigenvalue weighted by molar-refractivity contribution is -0.149. The van der Waals surface area contributed by atoms with Gasteiger partial charge in [0.15, 0.2) is 0 Å². The van der Waals surface area contributed by atoms with E-state index in [0.29, 0.717) is 25.1 Å². The van der Waals surface area contributed by atoms with Gasteiger partial charge in [-0.2, -0.15) is 0 Å². The van der Waals surface area contributed by atoms with E-state index in [0.717, 1.165) is 0 Å². The third-order valence-corrected chi connectivity index (χ3v) is 4.91. The fraction of sp³-hybridized carbons (Fsp3) is 0.500. The number of rotatable bonds is 6. The van der Waals surface area contributed by atoms with Crippen molar-refractivity contribution in [3.8, 4) is 0 Å².